The Labute approximate surface area is 120 Å². The fraction of sp³-hybridized carbons (Fsp3) is 0.562. The molecule has 19 heavy (non-hydrogen) atoms. The van der Waals surface area contributed by atoms with Crippen molar-refractivity contribution in [3.63, 3.8) is 0 Å². The molecule has 0 spiro atoms. The monoisotopic (exact) mass is 278 g/mol. The number of para-hydroxylation sites is 1. The molecule has 1 aromatic carbocycles. The molecule has 2 rings (SSSR count). The van der Waals surface area contributed by atoms with Gasteiger partial charge >= 0.3 is 0 Å². The van der Waals surface area contributed by atoms with E-state index < -0.39 is 0 Å². The Balaban J connectivity index is 2.58. The normalized spacial score (nSPS) is 12.6. The summed E-state index contributed by atoms with van der Waals surface area (Å²) in [5, 5.41) is 0. The number of aryl methyl sites for hydroxylation is 1. The maximum atomic E-state index is 6.08. The molecule has 1 heterocycles. The maximum absolute atomic E-state index is 6.08. The number of halogens is 1. The average Bonchev–Trinajstić information content (AvgIpc) is 2.68. The number of aromatic nitrogens is 2. The van der Waals surface area contributed by atoms with Gasteiger partial charge in [-0.1, -0.05) is 39.8 Å². The fourth-order valence-electron chi connectivity index (χ4n) is 2.28. The van der Waals surface area contributed by atoms with Crippen LogP contribution in [-0.4, -0.2) is 9.55 Å². The van der Waals surface area contributed by atoms with Gasteiger partial charge in [0.1, 0.15) is 5.82 Å². The molecule has 0 amide bonds. The number of fused-ring (bicyclic) bond motifs is 1. The lowest BCUT2D eigenvalue weighted by molar-refractivity contribution is 0.211. The summed E-state index contributed by atoms with van der Waals surface area (Å²) >= 11 is 6.08. The number of alkyl halides is 1. The Morgan fingerprint density at radius 3 is 2.58 bits per heavy atom. The Kier molecular flexibility index (Phi) is 3.91. The van der Waals surface area contributed by atoms with Crippen LogP contribution in [0.5, 0.6) is 0 Å². The summed E-state index contributed by atoms with van der Waals surface area (Å²) in [6.07, 6.45) is 0. The van der Waals surface area contributed by atoms with Crippen molar-refractivity contribution in [2.45, 2.75) is 47.0 Å². The van der Waals surface area contributed by atoms with Crippen LogP contribution in [0.4, 0.5) is 0 Å². The van der Waals surface area contributed by atoms with Gasteiger partial charge in [0.2, 0.25) is 0 Å². The molecule has 0 radical (unpaired) electrons. The molecule has 2 nitrogen and oxygen atoms in total. The number of imidazole rings is 1. The quantitative estimate of drug-likeness (QED) is 0.737. The van der Waals surface area contributed by atoms with E-state index in [2.05, 4.69) is 62.4 Å². The summed E-state index contributed by atoms with van der Waals surface area (Å²) < 4.78 is 2.30. The van der Waals surface area contributed by atoms with Gasteiger partial charge in [0.15, 0.2) is 0 Å². The SMILES string of the molecule is Cc1cccc2nc(CCl)n(CC(C)(C)C(C)C)c12. The lowest BCUT2D eigenvalue weighted by Crippen LogP contribution is -2.26. The van der Waals surface area contributed by atoms with Crippen LogP contribution in [0.1, 0.15) is 39.1 Å². The van der Waals surface area contributed by atoms with E-state index in [4.69, 9.17) is 11.6 Å². The van der Waals surface area contributed by atoms with Crippen LogP contribution < -0.4 is 0 Å². The Morgan fingerprint density at radius 2 is 2.00 bits per heavy atom. The van der Waals surface area contributed by atoms with Crippen molar-refractivity contribution in [2.75, 3.05) is 0 Å². The maximum Gasteiger partial charge on any atom is 0.124 e. The first kappa shape index (κ1) is 14.4. The van der Waals surface area contributed by atoms with Gasteiger partial charge in [0, 0.05) is 6.54 Å². The van der Waals surface area contributed by atoms with Crippen LogP contribution in [0.2, 0.25) is 0 Å². The number of nitrogens with zero attached hydrogens (tertiary/aromatic N) is 2. The molecule has 1 aromatic heterocycles. The van der Waals surface area contributed by atoms with Gasteiger partial charge in [-0.2, -0.15) is 0 Å². The summed E-state index contributed by atoms with van der Waals surface area (Å²) in [6, 6.07) is 6.26. The van der Waals surface area contributed by atoms with E-state index in [1.807, 2.05) is 0 Å². The molecular formula is C16H23ClN2. The van der Waals surface area contributed by atoms with Crippen molar-refractivity contribution < 1.29 is 0 Å². The van der Waals surface area contributed by atoms with E-state index in [-0.39, 0.29) is 5.41 Å². The second-order valence-corrected chi connectivity index (χ2v) is 6.60. The van der Waals surface area contributed by atoms with E-state index in [0.717, 1.165) is 17.9 Å². The molecule has 3 heteroatoms. The van der Waals surface area contributed by atoms with Crippen molar-refractivity contribution in [3.05, 3.63) is 29.6 Å². The predicted molar refractivity (Wildman–Crippen MR) is 82.6 cm³/mol. The molecule has 0 atom stereocenters. The highest BCUT2D eigenvalue weighted by molar-refractivity contribution is 6.16. The molecule has 0 aliphatic rings. The predicted octanol–water partition coefficient (Wildman–Crippen LogP) is 4.77. The molecule has 0 aliphatic heterocycles. The first-order valence-corrected chi connectivity index (χ1v) is 7.41. The number of hydrogen-bond acceptors (Lipinski definition) is 1. The van der Waals surface area contributed by atoms with Gasteiger partial charge in [-0.15, -0.1) is 11.6 Å². The minimum absolute atomic E-state index is 0.219. The largest absolute Gasteiger partial charge is 0.326 e. The molecule has 0 bridgehead atoms. The summed E-state index contributed by atoms with van der Waals surface area (Å²) in [5.41, 5.74) is 3.76. The van der Waals surface area contributed by atoms with Crippen molar-refractivity contribution >= 4 is 22.6 Å². The molecule has 0 aliphatic carbocycles. The van der Waals surface area contributed by atoms with Crippen LogP contribution in [0.25, 0.3) is 11.0 Å². The van der Waals surface area contributed by atoms with Crippen LogP contribution in [0, 0.1) is 18.3 Å². The second-order valence-electron chi connectivity index (χ2n) is 6.33. The minimum atomic E-state index is 0.219. The van der Waals surface area contributed by atoms with Crippen LogP contribution >= 0.6 is 11.6 Å². The number of rotatable bonds is 4. The number of benzene rings is 1. The van der Waals surface area contributed by atoms with Crippen LogP contribution in [-0.2, 0) is 12.4 Å². The van der Waals surface area contributed by atoms with E-state index in [9.17, 15) is 0 Å². The average molecular weight is 279 g/mol. The standard InChI is InChI=1S/C16H23ClN2/c1-11(2)16(4,5)10-19-14(9-17)18-13-8-6-7-12(3)15(13)19/h6-8,11H,9-10H2,1-5H3. The summed E-state index contributed by atoms with van der Waals surface area (Å²) in [6.45, 7) is 12.2. The number of hydrogen-bond donors (Lipinski definition) is 0. The summed E-state index contributed by atoms with van der Waals surface area (Å²) in [7, 11) is 0. The molecular weight excluding hydrogens is 256 g/mol. The Hall–Kier alpha value is -1.02. The third-order valence-corrected chi connectivity index (χ3v) is 4.53. The van der Waals surface area contributed by atoms with Crippen molar-refractivity contribution in [1.29, 1.82) is 0 Å². The molecule has 0 saturated heterocycles. The second kappa shape index (κ2) is 5.16. The minimum Gasteiger partial charge on any atom is -0.326 e. The lowest BCUT2D eigenvalue weighted by Gasteiger charge is -2.30. The summed E-state index contributed by atoms with van der Waals surface area (Å²) in [4.78, 5) is 4.67. The van der Waals surface area contributed by atoms with E-state index in [0.29, 0.717) is 11.8 Å². The van der Waals surface area contributed by atoms with Gasteiger partial charge in [-0.05, 0) is 29.9 Å². The first-order valence-electron chi connectivity index (χ1n) is 6.87. The molecule has 0 saturated carbocycles. The zero-order valence-electron chi connectivity index (χ0n) is 12.5. The van der Waals surface area contributed by atoms with Crippen molar-refractivity contribution in [2.24, 2.45) is 11.3 Å². The lowest BCUT2D eigenvalue weighted by atomic mass is 9.81. The van der Waals surface area contributed by atoms with Gasteiger partial charge in [-0.25, -0.2) is 4.98 Å². The third kappa shape index (κ3) is 2.64. The van der Waals surface area contributed by atoms with Crippen LogP contribution in [0.3, 0.4) is 0 Å². The van der Waals surface area contributed by atoms with E-state index in [1.165, 1.54) is 11.1 Å². The summed E-state index contributed by atoms with van der Waals surface area (Å²) in [5.74, 6) is 2.04. The Morgan fingerprint density at radius 1 is 1.32 bits per heavy atom. The smallest absolute Gasteiger partial charge is 0.124 e. The Bertz CT molecular complexity index is 582. The third-order valence-electron chi connectivity index (χ3n) is 4.30. The molecule has 0 unspecified atom stereocenters. The first-order chi connectivity index (χ1) is 8.86. The topological polar surface area (TPSA) is 17.8 Å². The molecule has 104 valence electrons. The van der Waals surface area contributed by atoms with Gasteiger partial charge in [-0.3, -0.25) is 0 Å². The van der Waals surface area contributed by atoms with Crippen LogP contribution in [0.15, 0.2) is 18.2 Å². The highest BCUT2D eigenvalue weighted by Gasteiger charge is 2.25. The van der Waals surface area contributed by atoms with E-state index in [1.54, 1.807) is 0 Å². The van der Waals surface area contributed by atoms with Crippen molar-refractivity contribution in [3.8, 4) is 0 Å². The van der Waals surface area contributed by atoms with Gasteiger partial charge in [0.25, 0.3) is 0 Å². The molecule has 0 fully saturated rings. The van der Waals surface area contributed by atoms with Gasteiger partial charge < -0.3 is 4.57 Å². The molecule has 2 aromatic rings. The van der Waals surface area contributed by atoms with Gasteiger partial charge in [0.05, 0.1) is 16.9 Å². The highest BCUT2D eigenvalue weighted by Crippen LogP contribution is 2.31. The fourth-order valence-corrected chi connectivity index (χ4v) is 2.48. The zero-order valence-corrected chi connectivity index (χ0v) is 13.3. The van der Waals surface area contributed by atoms with E-state index >= 15 is 0 Å². The zero-order chi connectivity index (χ0) is 14.2. The van der Waals surface area contributed by atoms with Crippen molar-refractivity contribution in [1.82, 2.24) is 9.55 Å². The molecule has 0 N–H and O–H groups in total. The highest BCUT2D eigenvalue weighted by atomic mass is 35.5.